The highest BCUT2D eigenvalue weighted by Gasteiger charge is 2.24. The third-order valence-electron chi connectivity index (χ3n) is 3.45. The van der Waals surface area contributed by atoms with E-state index in [0.717, 1.165) is 5.56 Å². The highest BCUT2D eigenvalue weighted by Crippen LogP contribution is 2.26. The van der Waals surface area contributed by atoms with Crippen molar-refractivity contribution in [3.63, 3.8) is 0 Å². The summed E-state index contributed by atoms with van der Waals surface area (Å²) >= 11 is 6.04. The van der Waals surface area contributed by atoms with Gasteiger partial charge in [0, 0.05) is 34.4 Å². The molecule has 1 amide bonds. The van der Waals surface area contributed by atoms with E-state index in [1.165, 1.54) is 6.20 Å². The van der Waals surface area contributed by atoms with Crippen LogP contribution in [0.5, 0.6) is 0 Å². The summed E-state index contributed by atoms with van der Waals surface area (Å²) in [7, 11) is 0. The van der Waals surface area contributed by atoms with Crippen LogP contribution in [-0.2, 0) is 0 Å². The number of nitrogens with zero attached hydrogens (tertiary/aromatic N) is 2. The second-order valence-electron chi connectivity index (χ2n) is 5.73. The van der Waals surface area contributed by atoms with E-state index in [4.69, 9.17) is 13.0 Å². The van der Waals surface area contributed by atoms with Crippen LogP contribution in [0.4, 0.5) is 0 Å². The lowest BCUT2D eigenvalue weighted by Crippen LogP contribution is -2.42. The molecule has 0 bridgehead atoms. The molecular formula is C18H21ClN2O. The van der Waals surface area contributed by atoms with Crippen LogP contribution < -0.4 is 0 Å². The summed E-state index contributed by atoms with van der Waals surface area (Å²) in [6.45, 7) is 8.02. The van der Waals surface area contributed by atoms with Gasteiger partial charge in [0.05, 0.1) is 7.06 Å². The minimum atomic E-state index is -0.0292. The van der Waals surface area contributed by atoms with Crippen LogP contribution in [-0.4, -0.2) is 27.9 Å². The van der Waals surface area contributed by atoms with Gasteiger partial charge in [-0.3, -0.25) is 9.78 Å². The molecule has 22 heavy (non-hydrogen) atoms. The van der Waals surface area contributed by atoms with E-state index in [2.05, 4.69) is 4.98 Å². The van der Waals surface area contributed by atoms with E-state index >= 15 is 0 Å². The Labute approximate surface area is 138 Å². The Morgan fingerprint density at radius 3 is 2.45 bits per heavy atom. The molecule has 0 N–H and O–H groups in total. The Hall–Kier alpha value is -1.87. The lowest BCUT2D eigenvalue weighted by Gasteiger charge is -2.31. The maximum absolute atomic E-state index is 13.0. The molecule has 0 atom stereocenters. The number of halogens is 1. The molecule has 3 nitrogen and oxygen atoms in total. The minimum Gasteiger partial charge on any atom is -0.334 e. The summed E-state index contributed by atoms with van der Waals surface area (Å²) < 4.78 is 7.63. The molecular weight excluding hydrogens is 296 g/mol. The van der Waals surface area contributed by atoms with Gasteiger partial charge >= 0.3 is 0 Å². The quantitative estimate of drug-likeness (QED) is 0.821. The molecule has 0 spiro atoms. The van der Waals surface area contributed by atoms with Gasteiger partial charge in [-0.2, -0.15) is 0 Å². The second-order valence-corrected chi connectivity index (χ2v) is 6.13. The summed E-state index contributed by atoms with van der Waals surface area (Å²) in [6.07, 6.45) is 1.40. The molecule has 0 aliphatic carbocycles. The predicted molar refractivity (Wildman–Crippen MR) is 91.1 cm³/mol. The zero-order valence-electron chi connectivity index (χ0n) is 14.3. The first-order valence-corrected chi connectivity index (χ1v) is 7.75. The maximum Gasteiger partial charge on any atom is 0.255 e. The normalized spacial score (nSPS) is 11.7. The molecule has 0 aliphatic heterocycles. The molecule has 0 fully saturated rings. The van der Waals surface area contributed by atoms with Crippen LogP contribution in [0.25, 0.3) is 11.3 Å². The van der Waals surface area contributed by atoms with E-state index in [-0.39, 0.29) is 24.0 Å². The first kappa shape index (κ1) is 15.0. The van der Waals surface area contributed by atoms with Crippen molar-refractivity contribution in [2.75, 3.05) is 0 Å². The number of aromatic nitrogens is 1. The van der Waals surface area contributed by atoms with Gasteiger partial charge in [-0.25, -0.2) is 0 Å². The molecule has 2 aromatic rings. The van der Waals surface area contributed by atoms with E-state index < -0.39 is 0 Å². The summed E-state index contributed by atoms with van der Waals surface area (Å²) in [6, 6.07) is 9.37. The Morgan fingerprint density at radius 1 is 1.23 bits per heavy atom. The largest absolute Gasteiger partial charge is 0.334 e. The number of carbonyl (C=O) groups is 1. The molecule has 0 radical (unpaired) electrons. The SMILES string of the molecule is [2H]c1cnc(-c2ccccc2C(=O)N(C(C)C)C(C)C)cc1Cl. The van der Waals surface area contributed by atoms with Crippen molar-refractivity contribution in [3.05, 3.63) is 53.2 Å². The monoisotopic (exact) mass is 317 g/mol. The van der Waals surface area contributed by atoms with Crippen molar-refractivity contribution in [1.82, 2.24) is 9.88 Å². The van der Waals surface area contributed by atoms with E-state index in [9.17, 15) is 4.79 Å². The second kappa shape index (κ2) is 6.93. The fourth-order valence-electron chi connectivity index (χ4n) is 2.61. The van der Waals surface area contributed by atoms with Crippen molar-refractivity contribution in [2.24, 2.45) is 0 Å². The van der Waals surface area contributed by atoms with Gasteiger partial charge < -0.3 is 4.90 Å². The molecule has 1 aromatic heterocycles. The molecule has 0 saturated heterocycles. The predicted octanol–water partition coefficient (Wildman–Crippen LogP) is 4.66. The fourth-order valence-corrected chi connectivity index (χ4v) is 2.76. The van der Waals surface area contributed by atoms with E-state index in [1.807, 2.05) is 50.8 Å². The lowest BCUT2D eigenvalue weighted by molar-refractivity contribution is 0.0644. The van der Waals surface area contributed by atoms with Crippen LogP contribution in [0.15, 0.2) is 42.6 Å². The smallest absolute Gasteiger partial charge is 0.255 e. The van der Waals surface area contributed by atoms with Crippen LogP contribution in [0.3, 0.4) is 0 Å². The fraction of sp³-hybridized carbons (Fsp3) is 0.333. The van der Waals surface area contributed by atoms with Crippen molar-refractivity contribution in [3.8, 4) is 11.3 Å². The number of amides is 1. The molecule has 116 valence electrons. The summed E-state index contributed by atoms with van der Waals surface area (Å²) in [5, 5.41) is 0.321. The van der Waals surface area contributed by atoms with Gasteiger partial charge in [0.25, 0.3) is 5.91 Å². The Balaban J connectivity index is 2.52. The zero-order valence-corrected chi connectivity index (χ0v) is 14.1. The van der Waals surface area contributed by atoms with E-state index in [0.29, 0.717) is 16.3 Å². The summed E-state index contributed by atoms with van der Waals surface area (Å²) in [5.74, 6) is -0.0292. The number of rotatable bonds is 4. The van der Waals surface area contributed by atoms with Gasteiger partial charge in [0.15, 0.2) is 0 Å². The highest BCUT2D eigenvalue weighted by atomic mass is 35.5. The van der Waals surface area contributed by atoms with E-state index in [1.54, 1.807) is 12.1 Å². The molecule has 4 heteroatoms. The first-order chi connectivity index (χ1) is 10.8. The molecule has 1 heterocycles. The minimum absolute atomic E-state index is 0.0292. The zero-order chi connectivity index (χ0) is 17.1. The average Bonchev–Trinajstić information content (AvgIpc) is 2.49. The van der Waals surface area contributed by atoms with Crippen LogP contribution >= 0.6 is 11.6 Å². The van der Waals surface area contributed by atoms with Gasteiger partial charge in [0.1, 0.15) is 0 Å². The van der Waals surface area contributed by atoms with Crippen molar-refractivity contribution >= 4 is 17.5 Å². The maximum atomic E-state index is 13.0. The molecule has 1 aromatic carbocycles. The standard InChI is InChI=1S/C18H21ClN2O/c1-12(2)21(13(3)4)18(22)16-8-6-5-7-15(16)17-11-14(19)9-10-20-17/h5-13H,1-4H3/i9D. The Bertz CT molecular complexity index is 708. The topological polar surface area (TPSA) is 33.2 Å². The molecule has 0 saturated carbocycles. The average molecular weight is 318 g/mol. The van der Waals surface area contributed by atoms with Crippen molar-refractivity contribution < 1.29 is 6.17 Å². The van der Waals surface area contributed by atoms with Gasteiger partial charge in [-0.15, -0.1) is 0 Å². The van der Waals surface area contributed by atoms with Gasteiger partial charge in [-0.1, -0.05) is 29.8 Å². The Kier molecular flexibility index (Phi) is 4.74. The third-order valence-corrected chi connectivity index (χ3v) is 3.67. The number of pyridine rings is 1. The first-order valence-electron chi connectivity index (χ1n) is 7.87. The van der Waals surface area contributed by atoms with Crippen molar-refractivity contribution in [2.45, 2.75) is 39.8 Å². The van der Waals surface area contributed by atoms with Crippen molar-refractivity contribution in [1.29, 1.82) is 0 Å². The van der Waals surface area contributed by atoms with Crippen LogP contribution in [0.2, 0.25) is 5.02 Å². The number of carbonyl (C=O) groups excluding carboxylic acids is 1. The number of hydrogen-bond acceptors (Lipinski definition) is 2. The van der Waals surface area contributed by atoms with Gasteiger partial charge in [-0.05, 0) is 45.9 Å². The summed E-state index contributed by atoms with van der Waals surface area (Å²) in [5.41, 5.74) is 1.92. The van der Waals surface area contributed by atoms with Crippen LogP contribution in [0.1, 0.15) is 39.4 Å². The molecule has 2 rings (SSSR count). The number of benzene rings is 1. The molecule has 0 aliphatic rings. The third kappa shape index (κ3) is 3.47. The van der Waals surface area contributed by atoms with Crippen LogP contribution in [0, 0.1) is 0 Å². The number of hydrogen-bond donors (Lipinski definition) is 0. The van der Waals surface area contributed by atoms with Gasteiger partial charge in [0.2, 0.25) is 0 Å². The summed E-state index contributed by atoms with van der Waals surface area (Å²) in [4.78, 5) is 19.1. The lowest BCUT2D eigenvalue weighted by atomic mass is 10.0. The molecule has 0 unspecified atom stereocenters. The Morgan fingerprint density at radius 2 is 1.86 bits per heavy atom. The highest BCUT2D eigenvalue weighted by molar-refractivity contribution is 6.30.